The van der Waals surface area contributed by atoms with Crippen molar-refractivity contribution < 1.29 is 14.2 Å². The van der Waals surface area contributed by atoms with Crippen LogP contribution in [0, 0.1) is 0 Å². The summed E-state index contributed by atoms with van der Waals surface area (Å²) in [5.41, 5.74) is 0.824. The van der Waals surface area contributed by atoms with Crippen LogP contribution in [0.5, 0.6) is 5.75 Å². The summed E-state index contributed by atoms with van der Waals surface area (Å²) in [5.74, 6) is 0.813. The molecule has 0 radical (unpaired) electrons. The van der Waals surface area contributed by atoms with Crippen LogP contribution in [-0.2, 0) is 11.2 Å². The van der Waals surface area contributed by atoms with Crippen molar-refractivity contribution in [2.24, 2.45) is 0 Å². The lowest BCUT2D eigenvalue weighted by atomic mass is 10.1. The molecule has 0 heterocycles. The molecule has 96 valence electrons. The number of para-hydroxylation sites is 1. The highest BCUT2D eigenvalue weighted by Crippen LogP contribution is 2.16. The first-order valence-corrected chi connectivity index (χ1v) is 5.73. The van der Waals surface area contributed by atoms with Crippen LogP contribution in [0.4, 0.5) is 4.39 Å². The zero-order valence-electron chi connectivity index (χ0n) is 10.2. The number of alkyl halides is 1. The first-order chi connectivity index (χ1) is 8.77. The van der Waals surface area contributed by atoms with Crippen molar-refractivity contribution in [3.05, 3.63) is 66.5 Å². The van der Waals surface area contributed by atoms with E-state index in [1.54, 1.807) is 30.4 Å². The van der Waals surface area contributed by atoms with Gasteiger partial charge in [-0.1, -0.05) is 36.9 Å². The van der Waals surface area contributed by atoms with Crippen molar-refractivity contribution in [2.45, 2.75) is 6.42 Å². The van der Waals surface area contributed by atoms with E-state index >= 15 is 0 Å². The van der Waals surface area contributed by atoms with Crippen molar-refractivity contribution in [1.29, 1.82) is 0 Å². The van der Waals surface area contributed by atoms with Gasteiger partial charge in [0.15, 0.2) is 0 Å². The number of aromatic hydroxyl groups is 1. The van der Waals surface area contributed by atoms with E-state index in [0.29, 0.717) is 18.8 Å². The number of phenolic OH excluding ortho intramolecular Hbond substituents is 1. The zero-order valence-corrected chi connectivity index (χ0v) is 10.2. The fourth-order valence-electron chi connectivity index (χ4n) is 1.43. The lowest BCUT2D eigenvalue weighted by Crippen LogP contribution is -1.98. The summed E-state index contributed by atoms with van der Waals surface area (Å²) in [6.07, 6.45) is 6.77. The highest BCUT2D eigenvalue weighted by atomic mass is 19.1. The molecule has 1 aromatic carbocycles. The minimum Gasteiger partial charge on any atom is -0.508 e. The average Bonchev–Trinajstić information content (AvgIpc) is 2.38. The van der Waals surface area contributed by atoms with Crippen molar-refractivity contribution in [3.63, 3.8) is 0 Å². The molecular weight excluding hydrogens is 231 g/mol. The fraction of sp³-hybridized carbons (Fsp3) is 0.200. The molecule has 3 heteroatoms. The van der Waals surface area contributed by atoms with Gasteiger partial charge in [-0.2, -0.15) is 0 Å². The zero-order chi connectivity index (χ0) is 13.2. The van der Waals surface area contributed by atoms with E-state index in [-0.39, 0.29) is 5.75 Å². The second-order valence-electron chi connectivity index (χ2n) is 3.59. The smallest absolute Gasteiger partial charge is 0.119 e. The summed E-state index contributed by atoms with van der Waals surface area (Å²) >= 11 is 0. The largest absolute Gasteiger partial charge is 0.508 e. The van der Waals surface area contributed by atoms with Gasteiger partial charge in [0, 0.05) is 6.42 Å². The van der Waals surface area contributed by atoms with E-state index in [9.17, 15) is 9.50 Å². The van der Waals surface area contributed by atoms with Crippen LogP contribution < -0.4 is 0 Å². The number of rotatable bonds is 7. The van der Waals surface area contributed by atoms with E-state index in [0.717, 1.165) is 5.56 Å². The molecular formula is C15H17FO2. The maximum absolute atomic E-state index is 12.0. The van der Waals surface area contributed by atoms with E-state index in [1.165, 1.54) is 6.08 Å². The summed E-state index contributed by atoms with van der Waals surface area (Å²) in [6.45, 7) is 3.45. The van der Waals surface area contributed by atoms with Crippen molar-refractivity contribution in [1.82, 2.24) is 0 Å². The third-order valence-electron chi connectivity index (χ3n) is 2.29. The quantitative estimate of drug-likeness (QED) is 0.590. The first kappa shape index (κ1) is 14.0. The molecule has 0 bridgehead atoms. The maximum atomic E-state index is 12.0. The maximum Gasteiger partial charge on any atom is 0.119 e. The lowest BCUT2D eigenvalue weighted by Gasteiger charge is -2.07. The van der Waals surface area contributed by atoms with Crippen molar-refractivity contribution in [2.75, 3.05) is 13.3 Å². The number of hydrogen-bond donors (Lipinski definition) is 1. The Morgan fingerprint density at radius 1 is 1.39 bits per heavy atom. The van der Waals surface area contributed by atoms with Crippen LogP contribution in [0.1, 0.15) is 5.56 Å². The van der Waals surface area contributed by atoms with Gasteiger partial charge in [0.05, 0.1) is 6.61 Å². The number of ether oxygens (including phenoxy) is 1. The van der Waals surface area contributed by atoms with E-state index in [2.05, 4.69) is 6.58 Å². The molecule has 0 unspecified atom stereocenters. The highest BCUT2D eigenvalue weighted by molar-refractivity contribution is 5.31. The minimum atomic E-state index is -0.530. The third kappa shape index (κ3) is 4.87. The van der Waals surface area contributed by atoms with Gasteiger partial charge in [-0.15, -0.1) is 0 Å². The average molecular weight is 248 g/mol. The van der Waals surface area contributed by atoms with E-state index in [1.807, 2.05) is 12.1 Å². The SMILES string of the molecule is C=C/C=C(\C=C/CF)OCCc1ccccc1O. The van der Waals surface area contributed by atoms with E-state index < -0.39 is 6.67 Å². The Bertz CT molecular complexity index is 436. The van der Waals surface area contributed by atoms with Crippen molar-refractivity contribution >= 4 is 0 Å². The Morgan fingerprint density at radius 2 is 2.17 bits per heavy atom. The standard InChI is InChI=1S/C15H17FO2/c1-2-6-14(8-5-11-16)18-12-10-13-7-3-4-9-15(13)17/h2-9,17H,1,10-12H2/b8-5-,14-6+. The molecule has 0 spiro atoms. The van der Waals surface area contributed by atoms with Gasteiger partial charge < -0.3 is 9.84 Å². The molecule has 1 rings (SSSR count). The van der Waals surface area contributed by atoms with E-state index in [4.69, 9.17) is 4.74 Å². The Kier molecular flexibility index (Phi) is 6.33. The van der Waals surface area contributed by atoms with Crippen LogP contribution >= 0.6 is 0 Å². The van der Waals surface area contributed by atoms with Gasteiger partial charge in [-0.3, -0.25) is 0 Å². The summed E-state index contributed by atoms with van der Waals surface area (Å²) in [4.78, 5) is 0. The molecule has 1 aromatic rings. The third-order valence-corrected chi connectivity index (χ3v) is 2.29. The lowest BCUT2D eigenvalue weighted by molar-refractivity contribution is 0.227. The molecule has 0 saturated carbocycles. The predicted octanol–water partition coefficient (Wildman–Crippen LogP) is 3.55. The second-order valence-corrected chi connectivity index (χ2v) is 3.59. The topological polar surface area (TPSA) is 29.5 Å². The Balaban J connectivity index is 2.49. The number of halogens is 1. The van der Waals surface area contributed by atoms with Gasteiger partial charge in [0.2, 0.25) is 0 Å². The first-order valence-electron chi connectivity index (χ1n) is 5.73. The van der Waals surface area contributed by atoms with Gasteiger partial charge in [-0.05, 0) is 23.8 Å². The molecule has 2 nitrogen and oxygen atoms in total. The Labute approximate surface area is 107 Å². The number of benzene rings is 1. The van der Waals surface area contributed by atoms with Gasteiger partial charge in [-0.25, -0.2) is 4.39 Å². The normalized spacial score (nSPS) is 11.7. The van der Waals surface area contributed by atoms with Gasteiger partial charge in [0.25, 0.3) is 0 Å². The van der Waals surface area contributed by atoms with Crippen LogP contribution in [0.15, 0.2) is 60.9 Å². The van der Waals surface area contributed by atoms with Crippen LogP contribution in [0.25, 0.3) is 0 Å². The molecule has 0 saturated heterocycles. The number of allylic oxidation sites excluding steroid dienone is 4. The second kappa shape index (κ2) is 8.12. The number of phenols is 1. The van der Waals surface area contributed by atoms with Crippen LogP contribution in [-0.4, -0.2) is 18.4 Å². The van der Waals surface area contributed by atoms with Crippen LogP contribution in [0.2, 0.25) is 0 Å². The molecule has 0 aliphatic carbocycles. The van der Waals surface area contributed by atoms with Gasteiger partial charge >= 0.3 is 0 Å². The fourth-order valence-corrected chi connectivity index (χ4v) is 1.43. The number of hydrogen-bond acceptors (Lipinski definition) is 2. The molecule has 0 amide bonds. The summed E-state index contributed by atoms with van der Waals surface area (Å²) in [6, 6.07) is 7.11. The molecule has 0 atom stereocenters. The molecule has 1 N–H and O–H groups in total. The Hall–Kier alpha value is -2.03. The summed E-state index contributed by atoms with van der Waals surface area (Å²) < 4.78 is 17.5. The highest BCUT2D eigenvalue weighted by Gasteiger charge is 2.00. The van der Waals surface area contributed by atoms with Crippen LogP contribution in [0.3, 0.4) is 0 Å². The molecule has 0 aromatic heterocycles. The molecule has 0 fully saturated rings. The predicted molar refractivity (Wildman–Crippen MR) is 71.2 cm³/mol. The monoisotopic (exact) mass is 248 g/mol. The minimum absolute atomic E-state index is 0.259. The molecule has 18 heavy (non-hydrogen) atoms. The Morgan fingerprint density at radius 3 is 2.83 bits per heavy atom. The van der Waals surface area contributed by atoms with Crippen molar-refractivity contribution in [3.8, 4) is 5.75 Å². The van der Waals surface area contributed by atoms with Gasteiger partial charge in [0.1, 0.15) is 18.2 Å². The molecule has 0 aliphatic heterocycles. The molecule has 0 aliphatic rings. The summed E-state index contributed by atoms with van der Waals surface area (Å²) in [5, 5.41) is 9.57. The summed E-state index contributed by atoms with van der Waals surface area (Å²) in [7, 11) is 0.